The van der Waals surface area contributed by atoms with Gasteiger partial charge in [0.25, 0.3) is 0 Å². The molecule has 2 unspecified atom stereocenters. The largest absolute Gasteiger partial charge is 0.299 e. The molecule has 2 fully saturated rings. The molecule has 3 rings (SSSR count). The molecule has 0 aliphatic heterocycles. The van der Waals surface area contributed by atoms with Gasteiger partial charge in [-0.15, -0.1) is 12.4 Å². The van der Waals surface area contributed by atoms with Crippen LogP contribution in [0.25, 0.3) is 0 Å². The van der Waals surface area contributed by atoms with Gasteiger partial charge in [-0.05, 0) is 48.8 Å². The summed E-state index contributed by atoms with van der Waals surface area (Å²) < 4.78 is 0. The number of carbonyl (C=O) groups excluding carboxylic acids is 3. The number of rotatable bonds is 2. The molecule has 4 heteroatoms. The van der Waals surface area contributed by atoms with E-state index < -0.39 is 5.41 Å². The standard InChI is InChI=1S/C16H18O3.ClH/c1-15(2)11-5-6-16(15,14(19)8-11)9-10-7-12(17)3-4-13(10)18;/h3-4,7,11H,5-6,8-9H2,1-2H3;1H. The van der Waals surface area contributed by atoms with E-state index in [0.717, 1.165) is 12.8 Å². The van der Waals surface area contributed by atoms with Crippen molar-refractivity contribution in [1.82, 2.24) is 0 Å². The Morgan fingerprint density at radius 2 is 1.90 bits per heavy atom. The Hall–Kier alpha value is -1.22. The highest BCUT2D eigenvalue weighted by Gasteiger charge is 2.64. The highest BCUT2D eigenvalue weighted by atomic mass is 35.5. The Balaban J connectivity index is 0.00000147. The molecule has 2 atom stereocenters. The number of fused-ring (bicyclic) bond motifs is 2. The predicted molar refractivity (Wildman–Crippen MR) is 77.7 cm³/mol. The summed E-state index contributed by atoms with van der Waals surface area (Å²) in [4.78, 5) is 35.7. The van der Waals surface area contributed by atoms with Gasteiger partial charge < -0.3 is 0 Å². The van der Waals surface area contributed by atoms with Crippen molar-refractivity contribution in [2.75, 3.05) is 0 Å². The van der Waals surface area contributed by atoms with Crippen molar-refractivity contribution in [1.29, 1.82) is 0 Å². The molecule has 2 bridgehead atoms. The molecule has 20 heavy (non-hydrogen) atoms. The normalized spacial score (nSPS) is 34.2. The zero-order chi connectivity index (χ0) is 13.8. The van der Waals surface area contributed by atoms with E-state index in [1.807, 2.05) is 0 Å². The van der Waals surface area contributed by atoms with Crippen LogP contribution in [0, 0.1) is 16.7 Å². The van der Waals surface area contributed by atoms with E-state index in [2.05, 4.69) is 13.8 Å². The summed E-state index contributed by atoms with van der Waals surface area (Å²) >= 11 is 0. The molecule has 108 valence electrons. The van der Waals surface area contributed by atoms with Crippen LogP contribution in [-0.2, 0) is 14.4 Å². The molecular formula is C16H19ClO3. The second-order valence-electron chi connectivity index (χ2n) is 6.61. The Morgan fingerprint density at radius 3 is 2.45 bits per heavy atom. The molecule has 2 saturated carbocycles. The maximum absolute atomic E-state index is 12.4. The number of halogens is 1. The number of ketones is 3. The number of Topliss-reactive ketones (excluding diaryl/α,β-unsaturated/α-hetero) is 1. The third kappa shape index (κ3) is 1.83. The summed E-state index contributed by atoms with van der Waals surface area (Å²) in [6.45, 7) is 4.28. The minimum Gasteiger partial charge on any atom is -0.299 e. The lowest BCUT2D eigenvalue weighted by Gasteiger charge is -2.37. The molecule has 0 radical (unpaired) electrons. The molecule has 3 nitrogen and oxygen atoms in total. The summed E-state index contributed by atoms with van der Waals surface area (Å²) in [7, 11) is 0. The van der Waals surface area contributed by atoms with E-state index in [0.29, 0.717) is 24.3 Å². The third-order valence-electron chi connectivity index (χ3n) is 5.66. The Bertz CT molecular complexity index is 556. The van der Waals surface area contributed by atoms with Crippen LogP contribution in [0.1, 0.15) is 39.5 Å². The summed E-state index contributed by atoms with van der Waals surface area (Å²) in [5.41, 5.74) is 0.0245. The van der Waals surface area contributed by atoms with Gasteiger partial charge in [0.1, 0.15) is 5.78 Å². The van der Waals surface area contributed by atoms with Gasteiger partial charge in [-0.1, -0.05) is 13.8 Å². The second-order valence-corrected chi connectivity index (χ2v) is 6.61. The molecule has 3 aliphatic carbocycles. The SMILES string of the molecule is CC1(C)C2CCC1(CC1=CC(=O)C=CC1=O)C(=O)C2.Cl. The molecule has 0 amide bonds. The van der Waals surface area contributed by atoms with Gasteiger partial charge >= 0.3 is 0 Å². The van der Waals surface area contributed by atoms with Crippen LogP contribution in [0.2, 0.25) is 0 Å². The average molecular weight is 295 g/mol. The van der Waals surface area contributed by atoms with Gasteiger partial charge in [0.2, 0.25) is 0 Å². The van der Waals surface area contributed by atoms with Crippen molar-refractivity contribution < 1.29 is 14.4 Å². The quantitative estimate of drug-likeness (QED) is 0.736. The van der Waals surface area contributed by atoms with Crippen molar-refractivity contribution in [2.24, 2.45) is 16.7 Å². The topological polar surface area (TPSA) is 51.2 Å². The number of carbonyl (C=O) groups is 3. The summed E-state index contributed by atoms with van der Waals surface area (Å²) in [5.74, 6) is 0.451. The lowest BCUT2D eigenvalue weighted by atomic mass is 9.65. The maximum Gasteiger partial charge on any atom is 0.182 e. The molecule has 0 aromatic heterocycles. The summed E-state index contributed by atoms with van der Waals surface area (Å²) in [5, 5.41) is 0. The van der Waals surface area contributed by atoms with Crippen LogP contribution in [0.3, 0.4) is 0 Å². The minimum absolute atomic E-state index is 0. The van der Waals surface area contributed by atoms with Crippen LogP contribution < -0.4 is 0 Å². The van der Waals surface area contributed by atoms with Crippen molar-refractivity contribution in [3.63, 3.8) is 0 Å². The fraction of sp³-hybridized carbons (Fsp3) is 0.562. The molecule has 0 spiro atoms. The number of hydrogen-bond donors (Lipinski definition) is 0. The van der Waals surface area contributed by atoms with Crippen molar-refractivity contribution in [2.45, 2.75) is 39.5 Å². The van der Waals surface area contributed by atoms with Crippen molar-refractivity contribution in [3.05, 3.63) is 23.8 Å². The lowest BCUT2D eigenvalue weighted by molar-refractivity contribution is -0.129. The molecule has 0 aromatic carbocycles. The molecule has 0 aromatic rings. The zero-order valence-electron chi connectivity index (χ0n) is 11.8. The van der Waals surface area contributed by atoms with Crippen LogP contribution in [-0.4, -0.2) is 17.3 Å². The lowest BCUT2D eigenvalue weighted by Crippen LogP contribution is -2.37. The van der Waals surface area contributed by atoms with Gasteiger partial charge in [-0.2, -0.15) is 0 Å². The fourth-order valence-electron chi connectivity index (χ4n) is 4.20. The smallest absolute Gasteiger partial charge is 0.182 e. The Kier molecular flexibility index (Phi) is 3.53. The molecule has 3 aliphatic rings. The van der Waals surface area contributed by atoms with Crippen molar-refractivity contribution >= 4 is 29.8 Å². The molecule has 0 N–H and O–H groups in total. The van der Waals surface area contributed by atoms with E-state index in [4.69, 9.17) is 0 Å². The first-order chi connectivity index (χ1) is 8.87. The van der Waals surface area contributed by atoms with Gasteiger partial charge in [0.15, 0.2) is 11.6 Å². The first-order valence-corrected chi connectivity index (χ1v) is 6.87. The fourth-order valence-corrected chi connectivity index (χ4v) is 4.20. The van der Waals surface area contributed by atoms with Crippen LogP contribution >= 0.6 is 12.4 Å². The first-order valence-electron chi connectivity index (χ1n) is 6.87. The van der Waals surface area contributed by atoms with Crippen LogP contribution in [0.5, 0.6) is 0 Å². The van der Waals surface area contributed by atoms with Crippen molar-refractivity contribution in [3.8, 4) is 0 Å². The predicted octanol–water partition coefficient (Wildman–Crippen LogP) is 2.83. The third-order valence-corrected chi connectivity index (χ3v) is 5.66. The number of hydrogen-bond acceptors (Lipinski definition) is 3. The molecular weight excluding hydrogens is 276 g/mol. The van der Waals surface area contributed by atoms with Gasteiger partial charge in [-0.3, -0.25) is 14.4 Å². The zero-order valence-corrected chi connectivity index (χ0v) is 12.6. The molecule has 0 saturated heterocycles. The highest BCUT2D eigenvalue weighted by molar-refractivity contribution is 6.17. The highest BCUT2D eigenvalue weighted by Crippen LogP contribution is 2.66. The first kappa shape index (κ1) is 15.2. The van der Waals surface area contributed by atoms with E-state index in [9.17, 15) is 14.4 Å². The average Bonchev–Trinajstić information content (AvgIpc) is 2.68. The number of allylic oxidation sites excluding steroid dienone is 4. The van der Waals surface area contributed by atoms with E-state index in [1.54, 1.807) is 0 Å². The van der Waals surface area contributed by atoms with Crippen LogP contribution in [0.4, 0.5) is 0 Å². The summed E-state index contributed by atoms with van der Waals surface area (Å²) in [6, 6.07) is 0. The maximum atomic E-state index is 12.4. The molecule has 0 heterocycles. The van der Waals surface area contributed by atoms with Gasteiger partial charge in [-0.25, -0.2) is 0 Å². The van der Waals surface area contributed by atoms with Gasteiger partial charge in [0.05, 0.1) is 0 Å². The van der Waals surface area contributed by atoms with Gasteiger partial charge in [0, 0.05) is 17.4 Å². The minimum atomic E-state index is -0.426. The van der Waals surface area contributed by atoms with E-state index >= 15 is 0 Å². The second kappa shape index (κ2) is 4.66. The summed E-state index contributed by atoms with van der Waals surface area (Å²) in [6.07, 6.45) is 7.01. The van der Waals surface area contributed by atoms with E-state index in [-0.39, 0.29) is 35.2 Å². The Morgan fingerprint density at radius 1 is 1.20 bits per heavy atom. The van der Waals surface area contributed by atoms with E-state index in [1.165, 1.54) is 18.2 Å². The monoisotopic (exact) mass is 294 g/mol. The van der Waals surface area contributed by atoms with Crippen LogP contribution in [0.15, 0.2) is 23.8 Å². The Labute approximate surface area is 124 Å².